The lowest BCUT2D eigenvalue weighted by atomic mass is 10.0. The molecule has 0 spiro atoms. The van der Waals surface area contributed by atoms with E-state index in [-0.39, 0.29) is 0 Å². The van der Waals surface area contributed by atoms with Crippen LogP contribution in [0.2, 0.25) is 0 Å². The van der Waals surface area contributed by atoms with Crippen LogP contribution in [0.3, 0.4) is 0 Å². The zero-order valence-corrected chi connectivity index (χ0v) is 27.1. The smallest absolute Gasteiger partial charge is 0.229 e. The molecule has 3 aromatic heterocycles. The van der Waals surface area contributed by atoms with E-state index in [2.05, 4.69) is 72.2 Å². The molecule has 0 unspecified atom stereocenters. The Morgan fingerprint density at radius 2 is 1.70 bits per heavy atom. The summed E-state index contributed by atoms with van der Waals surface area (Å²) >= 11 is 0. The molecule has 2 aliphatic heterocycles. The van der Waals surface area contributed by atoms with Gasteiger partial charge in [0.1, 0.15) is 5.82 Å². The molecule has 232 valence electrons. The SMILES string of the molecule is Cc1cc(Nc2ncc3cc(C4CC4)n(-c4cccc(N=S(C)(C)=O)n4)c3n2)ccc1N1CCC(N2CCN(C)CC2)CC1. The Morgan fingerprint density at radius 1 is 0.932 bits per heavy atom. The van der Waals surface area contributed by atoms with Crippen molar-refractivity contribution >= 4 is 43.9 Å². The number of hydrogen-bond acceptors (Lipinski definition) is 9. The molecule has 44 heavy (non-hydrogen) atoms. The van der Waals surface area contributed by atoms with Gasteiger partial charge in [0, 0.05) is 96.2 Å². The maximum Gasteiger partial charge on any atom is 0.229 e. The summed E-state index contributed by atoms with van der Waals surface area (Å²) in [7, 11) is -0.0976. The molecule has 1 aromatic carbocycles. The maximum absolute atomic E-state index is 12.3. The highest BCUT2D eigenvalue weighted by Crippen LogP contribution is 2.43. The number of fused-ring (bicyclic) bond motifs is 1. The molecule has 0 atom stereocenters. The minimum atomic E-state index is -2.32. The minimum Gasteiger partial charge on any atom is -0.371 e. The second-order valence-corrected chi connectivity index (χ2v) is 15.5. The van der Waals surface area contributed by atoms with Gasteiger partial charge in [0.25, 0.3) is 0 Å². The van der Waals surface area contributed by atoms with E-state index < -0.39 is 9.73 Å². The fraction of sp³-hybridized carbons (Fsp3) is 0.485. The molecule has 7 rings (SSSR count). The largest absolute Gasteiger partial charge is 0.371 e. The number of aromatic nitrogens is 4. The number of nitrogens with one attached hydrogen (secondary N) is 1. The van der Waals surface area contributed by atoms with Crippen molar-refractivity contribution in [1.29, 1.82) is 0 Å². The molecule has 1 aliphatic carbocycles. The standard InChI is InChI=1S/C33H43N9OS/c1-23-20-26(10-11-28(23)41-14-12-27(13-15-41)40-18-16-39(2)17-19-40)35-33-34-22-25-21-29(24-8-9-24)42(32(25)37-33)31-7-5-6-30(36-31)38-44(3,4)43/h5-7,10-11,20-22,24,27H,8-9,12-19H2,1-4H3,(H,34,35,37). The summed E-state index contributed by atoms with van der Waals surface area (Å²) in [5.74, 6) is 2.22. The van der Waals surface area contributed by atoms with Crippen molar-refractivity contribution in [2.24, 2.45) is 4.36 Å². The lowest BCUT2D eigenvalue weighted by Gasteiger charge is -2.43. The van der Waals surface area contributed by atoms with Gasteiger partial charge in [-0.1, -0.05) is 6.07 Å². The summed E-state index contributed by atoms with van der Waals surface area (Å²) in [4.78, 5) is 22.1. The predicted molar refractivity (Wildman–Crippen MR) is 179 cm³/mol. The van der Waals surface area contributed by atoms with E-state index in [4.69, 9.17) is 9.97 Å². The fourth-order valence-corrected chi connectivity index (χ4v) is 7.23. The predicted octanol–water partition coefficient (Wildman–Crippen LogP) is 5.32. The average Bonchev–Trinajstić information content (AvgIpc) is 3.77. The Hall–Kier alpha value is -3.54. The van der Waals surface area contributed by atoms with Crippen molar-refractivity contribution in [3.05, 3.63) is 59.9 Å². The van der Waals surface area contributed by atoms with Gasteiger partial charge in [-0.3, -0.25) is 9.47 Å². The molecule has 3 fully saturated rings. The molecule has 5 heterocycles. The number of pyridine rings is 1. The third-order valence-electron chi connectivity index (χ3n) is 9.14. The van der Waals surface area contributed by atoms with E-state index in [0.717, 1.165) is 48.5 Å². The summed E-state index contributed by atoms with van der Waals surface area (Å²) in [5.41, 5.74) is 5.52. The molecule has 0 bridgehead atoms. The molecular formula is C33H43N9OS. The Labute approximate surface area is 260 Å². The number of anilines is 3. The molecular weight excluding hydrogens is 570 g/mol. The highest BCUT2D eigenvalue weighted by molar-refractivity contribution is 7.92. The molecule has 1 N–H and O–H groups in total. The number of nitrogens with zero attached hydrogens (tertiary/aromatic N) is 8. The van der Waals surface area contributed by atoms with E-state index in [1.165, 1.54) is 56.0 Å². The third kappa shape index (κ3) is 6.31. The number of likely N-dealkylation sites (N-methyl/N-ethyl adjacent to an activating group) is 1. The molecule has 0 amide bonds. The van der Waals surface area contributed by atoms with Crippen molar-refractivity contribution in [3.8, 4) is 5.82 Å². The molecule has 10 nitrogen and oxygen atoms in total. The quantitative estimate of drug-likeness (QED) is 0.299. The molecule has 4 aromatic rings. The first-order valence-corrected chi connectivity index (χ1v) is 18.1. The number of hydrogen-bond donors (Lipinski definition) is 1. The topological polar surface area (TPSA) is 94.8 Å². The molecule has 3 aliphatic rings. The first-order chi connectivity index (χ1) is 21.2. The molecule has 2 saturated heterocycles. The van der Waals surface area contributed by atoms with Crippen LogP contribution in [-0.4, -0.2) is 98.4 Å². The summed E-state index contributed by atoms with van der Waals surface area (Å²) in [5, 5.41) is 4.43. The van der Waals surface area contributed by atoms with E-state index in [1.54, 1.807) is 18.6 Å². The second kappa shape index (κ2) is 11.8. The van der Waals surface area contributed by atoms with E-state index in [9.17, 15) is 4.21 Å². The van der Waals surface area contributed by atoms with Gasteiger partial charge in [0.15, 0.2) is 11.5 Å². The third-order valence-corrected chi connectivity index (χ3v) is 9.77. The zero-order valence-electron chi connectivity index (χ0n) is 26.2. The van der Waals surface area contributed by atoms with Gasteiger partial charge in [0.2, 0.25) is 5.95 Å². The minimum absolute atomic E-state index is 0.465. The Bertz CT molecular complexity index is 1780. The van der Waals surface area contributed by atoms with Gasteiger partial charge in [-0.2, -0.15) is 9.35 Å². The van der Waals surface area contributed by atoms with Gasteiger partial charge < -0.3 is 15.1 Å². The van der Waals surface area contributed by atoms with Gasteiger partial charge in [-0.15, -0.1) is 0 Å². The monoisotopic (exact) mass is 613 g/mol. The Morgan fingerprint density at radius 3 is 2.41 bits per heavy atom. The number of piperidine rings is 1. The zero-order chi connectivity index (χ0) is 30.4. The summed E-state index contributed by atoms with van der Waals surface area (Å²) in [6.45, 7) is 9.14. The van der Waals surface area contributed by atoms with Crippen LogP contribution in [0.25, 0.3) is 16.9 Å². The van der Waals surface area contributed by atoms with Crippen LogP contribution in [0.5, 0.6) is 0 Å². The highest BCUT2D eigenvalue weighted by atomic mass is 32.2. The van der Waals surface area contributed by atoms with E-state index in [0.29, 0.717) is 23.7 Å². The Kier molecular flexibility index (Phi) is 7.80. The van der Waals surface area contributed by atoms with Gasteiger partial charge in [-0.25, -0.2) is 14.2 Å². The fourth-order valence-electron chi connectivity index (χ4n) is 6.68. The first kappa shape index (κ1) is 29.2. The van der Waals surface area contributed by atoms with Crippen LogP contribution in [0.1, 0.15) is 42.9 Å². The molecule has 0 radical (unpaired) electrons. The van der Waals surface area contributed by atoms with Crippen molar-refractivity contribution in [2.75, 3.05) is 69.0 Å². The van der Waals surface area contributed by atoms with E-state index >= 15 is 0 Å². The number of piperazine rings is 1. The average molecular weight is 614 g/mol. The van der Waals surface area contributed by atoms with Crippen molar-refractivity contribution in [2.45, 2.75) is 44.6 Å². The summed E-state index contributed by atoms with van der Waals surface area (Å²) < 4.78 is 18.8. The van der Waals surface area contributed by atoms with Gasteiger partial charge in [-0.05, 0) is 87.5 Å². The second-order valence-electron chi connectivity index (χ2n) is 13.0. The lowest BCUT2D eigenvalue weighted by Crippen LogP contribution is -2.52. The number of rotatable bonds is 7. The lowest BCUT2D eigenvalue weighted by molar-refractivity contribution is 0.0982. The van der Waals surface area contributed by atoms with Crippen LogP contribution in [0, 0.1) is 6.92 Å². The molecule has 1 saturated carbocycles. The first-order valence-electron chi connectivity index (χ1n) is 15.8. The van der Waals surface area contributed by atoms with Crippen LogP contribution >= 0.6 is 0 Å². The van der Waals surface area contributed by atoms with Crippen LogP contribution < -0.4 is 10.2 Å². The van der Waals surface area contributed by atoms with Gasteiger partial charge in [0.05, 0.1) is 0 Å². The summed E-state index contributed by atoms with van der Waals surface area (Å²) in [6, 6.07) is 15.1. The Balaban J connectivity index is 1.10. The van der Waals surface area contributed by atoms with Crippen molar-refractivity contribution in [3.63, 3.8) is 0 Å². The number of aryl methyl sites for hydroxylation is 1. The van der Waals surface area contributed by atoms with Crippen molar-refractivity contribution < 1.29 is 4.21 Å². The van der Waals surface area contributed by atoms with Crippen molar-refractivity contribution in [1.82, 2.24) is 29.3 Å². The highest BCUT2D eigenvalue weighted by Gasteiger charge is 2.30. The molecule has 11 heteroatoms. The maximum atomic E-state index is 12.3. The van der Waals surface area contributed by atoms with Crippen LogP contribution in [-0.2, 0) is 9.73 Å². The normalized spacial score (nSPS) is 19.0. The van der Waals surface area contributed by atoms with Crippen LogP contribution in [0.4, 0.5) is 23.1 Å². The number of benzene rings is 1. The summed E-state index contributed by atoms with van der Waals surface area (Å²) in [6.07, 6.45) is 9.88. The van der Waals surface area contributed by atoms with Crippen LogP contribution in [0.15, 0.2) is 53.0 Å². The van der Waals surface area contributed by atoms with Gasteiger partial charge >= 0.3 is 0 Å². The van der Waals surface area contributed by atoms with E-state index in [1.807, 2.05) is 18.3 Å².